The minimum absolute atomic E-state index is 0.0362. The van der Waals surface area contributed by atoms with E-state index in [4.69, 9.17) is 0 Å². The van der Waals surface area contributed by atoms with Crippen molar-refractivity contribution in [1.82, 2.24) is 9.78 Å². The standard InChI is InChI=1S/C12H9Br2FN2O/c1-2-17-11(9(14)6-16-17)12(18)8-4-3-7(13)5-10(8)15/h3-6H,2H2,1H3. The van der Waals surface area contributed by atoms with Gasteiger partial charge in [-0.15, -0.1) is 0 Å². The van der Waals surface area contributed by atoms with Crippen LogP contribution < -0.4 is 0 Å². The average molecular weight is 376 g/mol. The van der Waals surface area contributed by atoms with Gasteiger partial charge in [-0.1, -0.05) is 15.9 Å². The first-order valence-corrected chi connectivity index (χ1v) is 6.84. The monoisotopic (exact) mass is 374 g/mol. The molecule has 6 heteroatoms. The zero-order chi connectivity index (χ0) is 13.3. The van der Waals surface area contributed by atoms with Gasteiger partial charge in [-0.3, -0.25) is 9.48 Å². The van der Waals surface area contributed by atoms with Crippen LogP contribution in [0.5, 0.6) is 0 Å². The molecule has 18 heavy (non-hydrogen) atoms. The number of hydrogen-bond acceptors (Lipinski definition) is 2. The third-order valence-corrected chi connectivity index (χ3v) is 3.56. The van der Waals surface area contributed by atoms with Crippen molar-refractivity contribution in [3.05, 3.63) is 50.4 Å². The molecule has 0 radical (unpaired) electrons. The van der Waals surface area contributed by atoms with Gasteiger partial charge in [0.2, 0.25) is 5.78 Å². The Morgan fingerprint density at radius 1 is 1.44 bits per heavy atom. The van der Waals surface area contributed by atoms with Gasteiger partial charge in [0, 0.05) is 11.0 Å². The van der Waals surface area contributed by atoms with E-state index >= 15 is 0 Å². The van der Waals surface area contributed by atoms with Crippen molar-refractivity contribution in [2.24, 2.45) is 0 Å². The first kappa shape index (κ1) is 13.4. The molecule has 0 aliphatic carbocycles. The third-order valence-electron chi connectivity index (χ3n) is 2.49. The van der Waals surface area contributed by atoms with Crippen LogP contribution in [0.4, 0.5) is 4.39 Å². The van der Waals surface area contributed by atoms with E-state index in [-0.39, 0.29) is 11.3 Å². The Kier molecular flexibility index (Phi) is 3.97. The van der Waals surface area contributed by atoms with Crippen molar-refractivity contribution in [2.75, 3.05) is 0 Å². The molecule has 0 bridgehead atoms. The third kappa shape index (κ3) is 2.40. The summed E-state index contributed by atoms with van der Waals surface area (Å²) in [5.41, 5.74) is 0.396. The number of carbonyl (C=O) groups excluding carboxylic acids is 1. The number of nitrogens with zero attached hydrogens (tertiary/aromatic N) is 2. The second-order valence-electron chi connectivity index (χ2n) is 3.61. The predicted octanol–water partition coefficient (Wildman–Crippen LogP) is 3.80. The summed E-state index contributed by atoms with van der Waals surface area (Å²) >= 11 is 6.42. The lowest BCUT2D eigenvalue weighted by Gasteiger charge is -2.06. The molecule has 94 valence electrons. The van der Waals surface area contributed by atoms with Crippen LogP contribution in [0, 0.1) is 5.82 Å². The number of hydrogen-bond donors (Lipinski definition) is 0. The molecule has 0 N–H and O–H groups in total. The molecular weight excluding hydrogens is 367 g/mol. The number of halogens is 3. The topological polar surface area (TPSA) is 34.9 Å². The van der Waals surface area contributed by atoms with Crippen LogP contribution in [-0.2, 0) is 6.54 Å². The van der Waals surface area contributed by atoms with Crippen molar-refractivity contribution in [3.63, 3.8) is 0 Å². The number of ketones is 1. The van der Waals surface area contributed by atoms with Crippen molar-refractivity contribution in [2.45, 2.75) is 13.5 Å². The molecule has 0 unspecified atom stereocenters. The summed E-state index contributed by atoms with van der Waals surface area (Å²) in [6, 6.07) is 4.37. The molecule has 1 heterocycles. The van der Waals surface area contributed by atoms with Crippen molar-refractivity contribution >= 4 is 37.6 Å². The van der Waals surface area contributed by atoms with Crippen molar-refractivity contribution in [1.29, 1.82) is 0 Å². The smallest absolute Gasteiger partial charge is 0.215 e. The molecule has 3 nitrogen and oxygen atoms in total. The highest BCUT2D eigenvalue weighted by Gasteiger charge is 2.21. The van der Waals surface area contributed by atoms with Gasteiger partial charge in [-0.2, -0.15) is 5.10 Å². The van der Waals surface area contributed by atoms with Crippen LogP contribution in [0.3, 0.4) is 0 Å². The van der Waals surface area contributed by atoms with Crippen LogP contribution in [0.1, 0.15) is 23.0 Å². The Labute approximate surface area is 120 Å². The number of carbonyl (C=O) groups is 1. The largest absolute Gasteiger partial charge is 0.287 e. The van der Waals surface area contributed by atoms with E-state index < -0.39 is 5.82 Å². The highest BCUT2D eigenvalue weighted by molar-refractivity contribution is 9.10. The predicted molar refractivity (Wildman–Crippen MR) is 73.1 cm³/mol. The maximum absolute atomic E-state index is 13.8. The molecule has 0 aliphatic heterocycles. The first-order valence-electron chi connectivity index (χ1n) is 5.25. The SMILES string of the molecule is CCn1ncc(Br)c1C(=O)c1ccc(Br)cc1F. The van der Waals surface area contributed by atoms with Crippen LogP contribution in [0.2, 0.25) is 0 Å². The molecule has 0 amide bonds. The second-order valence-corrected chi connectivity index (χ2v) is 5.38. The summed E-state index contributed by atoms with van der Waals surface area (Å²) in [6.45, 7) is 2.42. The van der Waals surface area contributed by atoms with Crippen LogP contribution in [-0.4, -0.2) is 15.6 Å². The zero-order valence-corrected chi connectivity index (χ0v) is 12.6. The lowest BCUT2D eigenvalue weighted by molar-refractivity contribution is 0.102. The number of aromatic nitrogens is 2. The van der Waals surface area contributed by atoms with E-state index in [2.05, 4.69) is 37.0 Å². The highest BCUT2D eigenvalue weighted by atomic mass is 79.9. The van der Waals surface area contributed by atoms with E-state index in [1.54, 1.807) is 6.07 Å². The maximum atomic E-state index is 13.8. The van der Waals surface area contributed by atoms with Crippen LogP contribution in [0.25, 0.3) is 0 Å². The van der Waals surface area contributed by atoms with E-state index in [0.717, 1.165) is 0 Å². The van der Waals surface area contributed by atoms with Crippen LogP contribution >= 0.6 is 31.9 Å². The lowest BCUT2D eigenvalue weighted by Crippen LogP contribution is -2.12. The molecular formula is C12H9Br2FN2O. The van der Waals surface area contributed by atoms with Crippen molar-refractivity contribution in [3.8, 4) is 0 Å². The summed E-state index contributed by atoms with van der Waals surface area (Å²) in [7, 11) is 0. The molecule has 0 spiro atoms. The molecule has 0 atom stereocenters. The van der Waals surface area contributed by atoms with E-state index in [0.29, 0.717) is 21.2 Å². The van der Waals surface area contributed by atoms with E-state index in [1.165, 1.54) is 23.0 Å². The second kappa shape index (κ2) is 5.32. The van der Waals surface area contributed by atoms with Crippen molar-refractivity contribution < 1.29 is 9.18 Å². The molecule has 2 rings (SSSR count). The van der Waals surface area contributed by atoms with E-state index in [9.17, 15) is 9.18 Å². The molecule has 0 saturated carbocycles. The molecule has 0 fully saturated rings. The fraction of sp³-hybridized carbons (Fsp3) is 0.167. The Morgan fingerprint density at radius 3 is 2.78 bits per heavy atom. The maximum Gasteiger partial charge on any atom is 0.215 e. The summed E-state index contributed by atoms with van der Waals surface area (Å²) in [6.07, 6.45) is 1.54. The minimum Gasteiger partial charge on any atom is -0.287 e. The van der Waals surface area contributed by atoms with Gasteiger partial charge in [0.05, 0.1) is 16.2 Å². The van der Waals surface area contributed by atoms with E-state index in [1.807, 2.05) is 6.92 Å². The van der Waals surface area contributed by atoms with Gasteiger partial charge in [-0.25, -0.2) is 4.39 Å². The Morgan fingerprint density at radius 2 is 2.17 bits per heavy atom. The van der Waals surface area contributed by atoms with Gasteiger partial charge in [0.1, 0.15) is 11.5 Å². The normalized spacial score (nSPS) is 10.7. The Hall–Kier alpha value is -1.01. The fourth-order valence-corrected chi connectivity index (χ4v) is 2.44. The molecule has 1 aromatic heterocycles. The summed E-state index contributed by atoms with van der Waals surface area (Å²) < 4.78 is 16.5. The summed E-state index contributed by atoms with van der Waals surface area (Å²) in [5, 5.41) is 4.05. The fourth-order valence-electron chi connectivity index (χ4n) is 1.63. The minimum atomic E-state index is -0.551. The van der Waals surface area contributed by atoms with Gasteiger partial charge in [0.25, 0.3) is 0 Å². The molecule has 1 aromatic carbocycles. The lowest BCUT2D eigenvalue weighted by atomic mass is 10.1. The molecule has 2 aromatic rings. The molecule has 0 aliphatic rings. The number of aryl methyl sites for hydroxylation is 1. The highest BCUT2D eigenvalue weighted by Crippen LogP contribution is 2.23. The summed E-state index contributed by atoms with van der Waals surface area (Å²) in [5.74, 6) is -0.934. The molecule has 0 saturated heterocycles. The average Bonchev–Trinajstić information content (AvgIpc) is 2.69. The van der Waals surface area contributed by atoms with Gasteiger partial charge in [0.15, 0.2) is 0 Å². The number of benzene rings is 1. The van der Waals surface area contributed by atoms with Crippen LogP contribution in [0.15, 0.2) is 33.3 Å². The zero-order valence-electron chi connectivity index (χ0n) is 9.45. The van der Waals surface area contributed by atoms with Gasteiger partial charge in [-0.05, 0) is 41.1 Å². The Balaban J connectivity index is 2.51. The first-order chi connectivity index (χ1) is 8.54. The van der Waals surface area contributed by atoms with Gasteiger partial charge >= 0.3 is 0 Å². The Bertz CT molecular complexity index is 610. The number of rotatable bonds is 3. The summed E-state index contributed by atoms with van der Waals surface area (Å²) in [4.78, 5) is 12.3. The van der Waals surface area contributed by atoms with Gasteiger partial charge < -0.3 is 0 Å². The quantitative estimate of drug-likeness (QED) is 0.765.